The molecule has 0 aliphatic rings. The molecule has 1 N–H and O–H groups in total. The van der Waals surface area contributed by atoms with Gasteiger partial charge < -0.3 is 5.32 Å². The Balaban J connectivity index is 2.19. The second-order valence-electron chi connectivity index (χ2n) is 7.18. The molecule has 1 aromatic heterocycles. The molecule has 2 aromatic carbocycles. The number of nitrogens with one attached hydrogen (secondary N) is 1. The number of amides is 1. The van der Waals surface area contributed by atoms with Crippen molar-refractivity contribution < 1.29 is 13.2 Å². The third-order valence-corrected chi connectivity index (χ3v) is 6.95. The van der Waals surface area contributed by atoms with Crippen molar-refractivity contribution in [3.63, 3.8) is 0 Å². The molecule has 154 valence electrons. The van der Waals surface area contributed by atoms with E-state index in [1.54, 1.807) is 32.3 Å². The maximum atomic E-state index is 13.0. The number of hydrogen-bond donors (Lipinski definition) is 1. The number of unbranched alkanes of at least 4 members (excludes halogenated alkanes) is 1. The lowest BCUT2D eigenvalue weighted by atomic mass is 10.1. The molecule has 7 nitrogen and oxygen atoms in total. The molecule has 8 heteroatoms. The van der Waals surface area contributed by atoms with E-state index in [1.165, 1.54) is 15.2 Å². The molecule has 0 saturated carbocycles. The Labute approximate surface area is 169 Å². The molecule has 0 atom stereocenters. The molecule has 3 aromatic rings. The summed E-state index contributed by atoms with van der Waals surface area (Å²) in [5.41, 5.74) is 2.22. The molecule has 0 bridgehead atoms. The van der Waals surface area contributed by atoms with Crippen LogP contribution >= 0.6 is 0 Å². The van der Waals surface area contributed by atoms with Crippen LogP contribution in [0.3, 0.4) is 0 Å². The molecule has 0 spiro atoms. The van der Waals surface area contributed by atoms with Gasteiger partial charge in [0.2, 0.25) is 0 Å². The minimum absolute atomic E-state index is 0.0248. The Morgan fingerprint density at radius 1 is 1.07 bits per heavy atom. The number of anilines is 1. The number of fused-ring (bicyclic) bond motifs is 1. The van der Waals surface area contributed by atoms with Crippen molar-refractivity contribution in [1.82, 2.24) is 9.13 Å². The highest BCUT2D eigenvalue weighted by atomic mass is 32.2. The Morgan fingerprint density at radius 3 is 2.31 bits per heavy atom. The maximum absolute atomic E-state index is 13.0. The number of hydrogen-bond acceptors (Lipinski definition) is 4. The number of imidazole rings is 1. The summed E-state index contributed by atoms with van der Waals surface area (Å²) in [6.45, 7) is 3.73. The van der Waals surface area contributed by atoms with Gasteiger partial charge in [0, 0.05) is 19.7 Å². The number of aromatic nitrogens is 2. The highest BCUT2D eigenvalue weighted by Crippen LogP contribution is 2.29. The average Bonchev–Trinajstić information content (AvgIpc) is 2.90. The van der Waals surface area contributed by atoms with Gasteiger partial charge in [-0.05, 0) is 37.1 Å². The molecule has 0 saturated heterocycles. The minimum atomic E-state index is -3.64. The topological polar surface area (TPSA) is 90.2 Å². The van der Waals surface area contributed by atoms with Crippen LogP contribution in [0.5, 0.6) is 0 Å². The fourth-order valence-electron chi connectivity index (χ4n) is 3.34. The Morgan fingerprint density at radius 2 is 1.69 bits per heavy atom. The first-order valence-electron chi connectivity index (χ1n) is 9.46. The lowest BCUT2D eigenvalue weighted by Gasteiger charge is -2.14. The number of sulfone groups is 1. The highest BCUT2D eigenvalue weighted by Gasteiger charge is 2.23. The number of aryl methyl sites for hydroxylation is 3. The molecule has 1 heterocycles. The van der Waals surface area contributed by atoms with Gasteiger partial charge in [0.25, 0.3) is 5.91 Å². The Kier molecular flexibility index (Phi) is 5.66. The van der Waals surface area contributed by atoms with Gasteiger partial charge in [-0.1, -0.05) is 31.5 Å². The van der Waals surface area contributed by atoms with E-state index in [0.717, 1.165) is 12.0 Å². The van der Waals surface area contributed by atoms with Crippen LogP contribution in [0, 0.1) is 6.92 Å². The molecule has 29 heavy (non-hydrogen) atoms. The summed E-state index contributed by atoms with van der Waals surface area (Å²) in [5.74, 6) is -0.418. The van der Waals surface area contributed by atoms with E-state index in [9.17, 15) is 18.0 Å². The molecule has 0 radical (unpaired) electrons. The van der Waals surface area contributed by atoms with Gasteiger partial charge in [-0.25, -0.2) is 13.2 Å². The van der Waals surface area contributed by atoms with Crippen LogP contribution in [0.25, 0.3) is 11.0 Å². The van der Waals surface area contributed by atoms with Crippen LogP contribution in [-0.2, 0) is 23.9 Å². The third-order valence-electron chi connectivity index (χ3n) is 5.11. The monoisotopic (exact) mass is 415 g/mol. The second kappa shape index (κ2) is 7.87. The molecule has 1 amide bonds. The van der Waals surface area contributed by atoms with Gasteiger partial charge in [0.05, 0.1) is 27.4 Å². The average molecular weight is 416 g/mol. The van der Waals surface area contributed by atoms with Crippen molar-refractivity contribution in [1.29, 1.82) is 0 Å². The zero-order valence-corrected chi connectivity index (χ0v) is 17.8. The smallest absolute Gasteiger partial charge is 0.321 e. The predicted molar refractivity (Wildman–Crippen MR) is 114 cm³/mol. The second-order valence-corrected chi connectivity index (χ2v) is 9.26. The number of nitrogens with zero attached hydrogens (tertiary/aromatic N) is 2. The van der Waals surface area contributed by atoms with Crippen molar-refractivity contribution in [2.75, 3.05) is 11.1 Å². The molecule has 3 rings (SSSR count). The standard InChI is InChI=1S/C21H25N3O4S/c1-5-6-11-29(27,28)19-13-18-17(23(3)21(26)24(18)4)12-16(19)22-20(25)15-10-8-7-9-14(15)2/h7-10,12-13H,5-6,11H2,1-4H3,(H,22,25). The van der Waals surface area contributed by atoms with Gasteiger partial charge in [-0.2, -0.15) is 0 Å². The summed E-state index contributed by atoms with van der Waals surface area (Å²) >= 11 is 0. The first-order chi connectivity index (χ1) is 13.7. The van der Waals surface area contributed by atoms with Gasteiger partial charge >= 0.3 is 5.69 Å². The van der Waals surface area contributed by atoms with Gasteiger partial charge in [-0.15, -0.1) is 0 Å². The molecular formula is C21H25N3O4S. The van der Waals surface area contributed by atoms with E-state index in [0.29, 0.717) is 23.0 Å². The quantitative estimate of drug-likeness (QED) is 0.670. The van der Waals surface area contributed by atoms with E-state index in [4.69, 9.17) is 0 Å². The van der Waals surface area contributed by atoms with E-state index in [1.807, 2.05) is 26.0 Å². The number of benzene rings is 2. The first-order valence-corrected chi connectivity index (χ1v) is 11.1. The maximum Gasteiger partial charge on any atom is 0.328 e. The van der Waals surface area contributed by atoms with E-state index in [-0.39, 0.29) is 22.0 Å². The number of carbonyl (C=O) groups is 1. The summed E-state index contributed by atoms with van der Waals surface area (Å²) in [6, 6.07) is 10.1. The van der Waals surface area contributed by atoms with Gasteiger partial charge in [0.1, 0.15) is 0 Å². The summed E-state index contributed by atoms with van der Waals surface area (Å²) < 4.78 is 28.8. The Bertz CT molecular complexity index is 1250. The van der Waals surface area contributed by atoms with Crippen molar-refractivity contribution >= 4 is 32.5 Å². The summed E-state index contributed by atoms with van der Waals surface area (Å²) in [5, 5.41) is 2.76. The largest absolute Gasteiger partial charge is 0.328 e. The Hall–Kier alpha value is -2.87. The fraction of sp³-hybridized carbons (Fsp3) is 0.333. The van der Waals surface area contributed by atoms with E-state index < -0.39 is 15.7 Å². The van der Waals surface area contributed by atoms with Crippen molar-refractivity contribution in [3.05, 3.63) is 58.0 Å². The summed E-state index contributed by atoms with van der Waals surface area (Å²) in [7, 11) is -0.432. The number of rotatable bonds is 6. The molecule has 0 fully saturated rings. The number of carbonyl (C=O) groups excluding carboxylic acids is 1. The molecule has 0 aliphatic heterocycles. The lowest BCUT2D eigenvalue weighted by molar-refractivity contribution is 0.102. The van der Waals surface area contributed by atoms with Gasteiger partial charge in [0.15, 0.2) is 9.84 Å². The normalized spacial score (nSPS) is 11.7. The molecular weight excluding hydrogens is 390 g/mol. The third kappa shape index (κ3) is 3.85. The van der Waals surface area contributed by atoms with E-state index in [2.05, 4.69) is 5.32 Å². The molecule has 0 unspecified atom stereocenters. The fourth-order valence-corrected chi connectivity index (χ4v) is 4.97. The predicted octanol–water partition coefficient (Wildman–Crippen LogP) is 3.01. The van der Waals surface area contributed by atoms with Crippen LogP contribution in [0.4, 0.5) is 5.69 Å². The molecule has 0 aliphatic carbocycles. The first kappa shape index (κ1) is 20.9. The lowest BCUT2D eigenvalue weighted by Crippen LogP contribution is -2.19. The van der Waals surface area contributed by atoms with E-state index >= 15 is 0 Å². The summed E-state index contributed by atoms with van der Waals surface area (Å²) in [6.07, 6.45) is 1.25. The van der Waals surface area contributed by atoms with Crippen LogP contribution in [-0.4, -0.2) is 29.2 Å². The van der Waals surface area contributed by atoms with Crippen LogP contribution in [0.1, 0.15) is 35.7 Å². The van der Waals surface area contributed by atoms with Crippen molar-refractivity contribution in [2.45, 2.75) is 31.6 Å². The van der Waals surface area contributed by atoms with Crippen molar-refractivity contribution in [2.24, 2.45) is 14.1 Å². The van der Waals surface area contributed by atoms with Crippen LogP contribution in [0.15, 0.2) is 46.1 Å². The van der Waals surface area contributed by atoms with Crippen LogP contribution < -0.4 is 11.0 Å². The SMILES string of the molecule is CCCCS(=O)(=O)c1cc2c(cc1NC(=O)c1ccccc1C)n(C)c(=O)n2C. The summed E-state index contributed by atoms with van der Waals surface area (Å²) in [4.78, 5) is 25.2. The van der Waals surface area contributed by atoms with Crippen molar-refractivity contribution in [3.8, 4) is 0 Å². The highest BCUT2D eigenvalue weighted by molar-refractivity contribution is 7.91. The zero-order valence-electron chi connectivity index (χ0n) is 17.0. The van der Waals surface area contributed by atoms with Crippen LogP contribution in [0.2, 0.25) is 0 Å². The zero-order chi connectivity index (χ0) is 21.3. The minimum Gasteiger partial charge on any atom is -0.321 e. The van der Waals surface area contributed by atoms with Gasteiger partial charge in [-0.3, -0.25) is 13.9 Å².